The first kappa shape index (κ1) is 16.0. The minimum Gasteiger partial charge on any atom is -0.374 e. The number of nitrogens with zero attached hydrogens (tertiary/aromatic N) is 2. The van der Waals surface area contributed by atoms with Gasteiger partial charge in [-0.15, -0.1) is 0 Å². The highest BCUT2D eigenvalue weighted by Crippen LogP contribution is 2.20. The molecule has 1 heterocycles. The number of rotatable bonds is 6. The lowest BCUT2D eigenvalue weighted by molar-refractivity contribution is 0.0147. The second-order valence-corrected chi connectivity index (χ2v) is 5.85. The zero-order valence-corrected chi connectivity index (χ0v) is 13.0. The Morgan fingerprint density at radius 1 is 1.29 bits per heavy atom. The predicted molar refractivity (Wildman–Crippen MR) is 83.2 cm³/mol. The van der Waals surface area contributed by atoms with Gasteiger partial charge in [0.2, 0.25) is 0 Å². The molecule has 1 aliphatic rings. The van der Waals surface area contributed by atoms with E-state index in [0.717, 1.165) is 5.56 Å². The maximum Gasteiger partial charge on any atom is 0.132 e. The molecule has 3 atom stereocenters. The van der Waals surface area contributed by atoms with Crippen molar-refractivity contribution in [2.24, 2.45) is 0 Å². The van der Waals surface area contributed by atoms with Crippen LogP contribution in [0.4, 0.5) is 0 Å². The predicted octanol–water partition coefficient (Wildman–Crippen LogP) is 2.86. The molecule has 0 aromatic heterocycles. The van der Waals surface area contributed by atoms with Gasteiger partial charge in [0.25, 0.3) is 0 Å². The summed E-state index contributed by atoms with van der Waals surface area (Å²) in [5, 5.41) is 11.5. The summed E-state index contributed by atoms with van der Waals surface area (Å²) < 4.78 is 5.67. The van der Waals surface area contributed by atoms with Gasteiger partial charge in [-0.25, -0.2) is 10.4 Å². The van der Waals surface area contributed by atoms with Gasteiger partial charge in [-0.3, -0.25) is 0 Å². The van der Waals surface area contributed by atoms with Gasteiger partial charge in [0.1, 0.15) is 6.04 Å². The molecule has 1 aromatic rings. The van der Waals surface area contributed by atoms with Crippen LogP contribution in [0.15, 0.2) is 30.3 Å². The van der Waals surface area contributed by atoms with Gasteiger partial charge < -0.3 is 4.74 Å². The molecule has 1 N–H and O–H groups in total. The van der Waals surface area contributed by atoms with E-state index >= 15 is 0 Å². The second-order valence-electron chi connectivity index (χ2n) is 5.85. The van der Waals surface area contributed by atoms with Crippen molar-refractivity contribution in [3.05, 3.63) is 35.9 Å². The molecule has 1 aliphatic heterocycles. The topological polar surface area (TPSA) is 48.3 Å². The number of benzene rings is 1. The summed E-state index contributed by atoms with van der Waals surface area (Å²) >= 11 is 0. The third-order valence-corrected chi connectivity index (χ3v) is 4.05. The molecule has 4 heteroatoms. The van der Waals surface area contributed by atoms with Crippen molar-refractivity contribution in [2.45, 2.75) is 57.8 Å². The van der Waals surface area contributed by atoms with Crippen molar-refractivity contribution in [2.75, 3.05) is 6.61 Å². The molecular formula is C17H25N3O. The Kier molecular flexibility index (Phi) is 6.19. The van der Waals surface area contributed by atoms with E-state index in [0.29, 0.717) is 25.3 Å². The van der Waals surface area contributed by atoms with E-state index in [1.54, 1.807) is 0 Å². The monoisotopic (exact) mass is 287 g/mol. The standard InChI is InChI=1S/C17H25N3O/c1-14-7-6-8-15(2)20(14)19-17(11-18)13-21-12-16-9-4-3-5-10-16/h3-5,9-10,14-15,17,19H,6-8,12-13H2,1-2H3. The Balaban J connectivity index is 1.79. The van der Waals surface area contributed by atoms with Crippen LogP contribution in [-0.4, -0.2) is 29.7 Å². The SMILES string of the molecule is CC1CCCC(C)N1NC(C#N)COCc1ccccc1. The van der Waals surface area contributed by atoms with E-state index in [2.05, 4.69) is 30.4 Å². The molecule has 0 amide bonds. The van der Waals surface area contributed by atoms with Gasteiger partial charge in [0.15, 0.2) is 0 Å². The lowest BCUT2D eigenvalue weighted by atomic mass is 10.00. The Morgan fingerprint density at radius 3 is 2.57 bits per heavy atom. The number of ether oxygens (including phenoxy) is 1. The average molecular weight is 287 g/mol. The van der Waals surface area contributed by atoms with Crippen LogP contribution in [-0.2, 0) is 11.3 Å². The molecule has 1 saturated heterocycles. The fourth-order valence-corrected chi connectivity index (χ4v) is 2.83. The van der Waals surface area contributed by atoms with E-state index in [1.807, 2.05) is 30.3 Å². The van der Waals surface area contributed by atoms with E-state index in [-0.39, 0.29) is 6.04 Å². The average Bonchev–Trinajstić information content (AvgIpc) is 2.50. The summed E-state index contributed by atoms with van der Waals surface area (Å²) in [6.07, 6.45) is 3.63. The summed E-state index contributed by atoms with van der Waals surface area (Å²) in [5.74, 6) is 0. The fourth-order valence-electron chi connectivity index (χ4n) is 2.83. The van der Waals surface area contributed by atoms with Crippen molar-refractivity contribution < 1.29 is 4.74 Å². The van der Waals surface area contributed by atoms with Gasteiger partial charge in [0.05, 0.1) is 19.3 Å². The highest BCUT2D eigenvalue weighted by atomic mass is 16.5. The first-order valence-electron chi connectivity index (χ1n) is 7.76. The lowest BCUT2D eigenvalue weighted by Crippen LogP contribution is -2.56. The minimum atomic E-state index is -0.295. The minimum absolute atomic E-state index is 0.295. The molecular weight excluding hydrogens is 262 g/mol. The molecule has 0 saturated carbocycles. The Labute approximate surface area is 127 Å². The van der Waals surface area contributed by atoms with Gasteiger partial charge in [0, 0.05) is 12.1 Å². The van der Waals surface area contributed by atoms with Crippen LogP contribution in [0.3, 0.4) is 0 Å². The zero-order valence-electron chi connectivity index (χ0n) is 13.0. The Morgan fingerprint density at radius 2 is 1.95 bits per heavy atom. The number of nitrogens with one attached hydrogen (secondary N) is 1. The largest absolute Gasteiger partial charge is 0.374 e. The quantitative estimate of drug-likeness (QED) is 0.874. The van der Waals surface area contributed by atoms with Crippen LogP contribution in [0.2, 0.25) is 0 Å². The molecule has 3 unspecified atom stereocenters. The summed E-state index contributed by atoms with van der Waals surface area (Å²) in [6, 6.07) is 13.0. The number of piperidine rings is 1. The van der Waals surface area contributed by atoms with Crippen molar-refractivity contribution >= 4 is 0 Å². The van der Waals surface area contributed by atoms with Crippen LogP contribution < -0.4 is 5.43 Å². The van der Waals surface area contributed by atoms with Gasteiger partial charge in [-0.2, -0.15) is 5.26 Å². The number of hydrogen-bond donors (Lipinski definition) is 1. The number of hydrogen-bond acceptors (Lipinski definition) is 4. The third-order valence-electron chi connectivity index (χ3n) is 4.05. The second kappa shape index (κ2) is 8.14. The number of nitriles is 1. The molecule has 1 aromatic carbocycles. The number of hydrazine groups is 1. The highest BCUT2D eigenvalue weighted by molar-refractivity contribution is 5.13. The summed E-state index contributed by atoms with van der Waals surface area (Å²) in [4.78, 5) is 0. The van der Waals surface area contributed by atoms with Crippen LogP contribution in [0.5, 0.6) is 0 Å². The molecule has 0 aliphatic carbocycles. The van der Waals surface area contributed by atoms with Crippen molar-refractivity contribution in [3.63, 3.8) is 0 Å². The van der Waals surface area contributed by atoms with Crippen LogP contribution in [0.1, 0.15) is 38.7 Å². The molecule has 0 spiro atoms. The maximum atomic E-state index is 9.31. The van der Waals surface area contributed by atoms with Crippen LogP contribution in [0.25, 0.3) is 0 Å². The highest BCUT2D eigenvalue weighted by Gasteiger charge is 2.26. The fraction of sp³-hybridized carbons (Fsp3) is 0.588. The third kappa shape index (κ3) is 4.82. The van der Waals surface area contributed by atoms with E-state index in [1.165, 1.54) is 19.3 Å². The molecule has 0 bridgehead atoms. The van der Waals surface area contributed by atoms with Crippen LogP contribution >= 0.6 is 0 Å². The van der Waals surface area contributed by atoms with Gasteiger partial charge in [-0.05, 0) is 32.3 Å². The molecule has 2 rings (SSSR count). The molecule has 4 nitrogen and oxygen atoms in total. The van der Waals surface area contributed by atoms with Gasteiger partial charge in [-0.1, -0.05) is 36.8 Å². The molecule has 114 valence electrons. The van der Waals surface area contributed by atoms with Crippen LogP contribution in [0, 0.1) is 11.3 Å². The first-order valence-corrected chi connectivity index (χ1v) is 7.76. The lowest BCUT2D eigenvalue weighted by Gasteiger charge is -2.40. The zero-order chi connectivity index (χ0) is 15.1. The van der Waals surface area contributed by atoms with Gasteiger partial charge >= 0.3 is 0 Å². The summed E-state index contributed by atoms with van der Waals surface area (Å²) in [5.41, 5.74) is 4.47. The van der Waals surface area contributed by atoms with Crippen molar-refractivity contribution in [3.8, 4) is 6.07 Å². The van der Waals surface area contributed by atoms with E-state index in [9.17, 15) is 5.26 Å². The molecule has 0 radical (unpaired) electrons. The molecule has 21 heavy (non-hydrogen) atoms. The first-order chi connectivity index (χ1) is 10.2. The Bertz CT molecular complexity index is 447. The molecule has 1 fully saturated rings. The van der Waals surface area contributed by atoms with E-state index in [4.69, 9.17) is 4.74 Å². The van der Waals surface area contributed by atoms with E-state index < -0.39 is 0 Å². The smallest absolute Gasteiger partial charge is 0.132 e. The maximum absolute atomic E-state index is 9.31. The normalized spacial score (nSPS) is 24.4. The summed E-state index contributed by atoms with van der Waals surface area (Å²) in [7, 11) is 0. The van der Waals surface area contributed by atoms with Crippen molar-refractivity contribution in [1.29, 1.82) is 5.26 Å². The van der Waals surface area contributed by atoms with Crippen molar-refractivity contribution in [1.82, 2.24) is 10.4 Å². The summed E-state index contributed by atoms with van der Waals surface area (Å²) in [6.45, 7) is 5.37. The Hall–Kier alpha value is -1.41.